The molecule has 31 heavy (non-hydrogen) atoms. The maximum absolute atomic E-state index is 6.63. The molecule has 0 amide bonds. The number of rotatable bonds is 12. The Labute approximate surface area is 204 Å². The van der Waals surface area contributed by atoms with Crippen molar-refractivity contribution >= 4 is 50.9 Å². The third kappa shape index (κ3) is 19.1. The minimum Gasteiger partial charge on any atom is -0.416 e. The molecule has 0 spiro atoms. The molecule has 0 radical (unpaired) electrons. The molecule has 0 aliphatic carbocycles. The first-order valence-corrected chi connectivity index (χ1v) is 27.1. The molecule has 0 aromatic carbocycles. The highest BCUT2D eigenvalue weighted by atomic mass is 28.5. The summed E-state index contributed by atoms with van der Waals surface area (Å²) in [7, 11) is -10.4. The SMILES string of the molecule is C.C.C.C.CO[Si](C[Si](OC)(O[Si](C)(C)C)O[Si](C)(C)C)(O[Si](C)(C)C)O[Si](C)(C)C. The van der Waals surface area contributed by atoms with Crippen molar-refractivity contribution in [3.05, 3.63) is 0 Å². The van der Waals surface area contributed by atoms with E-state index in [9.17, 15) is 0 Å². The van der Waals surface area contributed by atoms with Crippen LogP contribution in [0.15, 0.2) is 0 Å². The van der Waals surface area contributed by atoms with Gasteiger partial charge in [-0.05, 0) is 78.6 Å². The molecule has 6 nitrogen and oxygen atoms in total. The van der Waals surface area contributed by atoms with Crippen LogP contribution in [0.1, 0.15) is 29.7 Å². The van der Waals surface area contributed by atoms with Gasteiger partial charge in [0, 0.05) is 14.2 Å². The molecule has 0 fully saturated rings. The topological polar surface area (TPSA) is 55.4 Å². The zero-order valence-corrected chi connectivity index (χ0v) is 26.2. The summed E-state index contributed by atoms with van der Waals surface area (Å²) in [5.41, 5.74) is 0.468. The van der Waals surface area contributed by atoms with Crippen LogP contribution in [0.3, 0.4) is 0 Å². The van der Waals surface area contributed by atoms with E-state index in [1.165, 1.54) is 0 Å². The maximum Gasteiger partial charge on any atom is 0.484 e. The lowest BCUT2D eigenvalue weighted by atomic mass is 11.8. The van der Waals surface area contributed by atoms with Gasteiger partial charge in [-0.15, -0.1) is 0 Å². The minimum atomic E-state index is -3.04. The van der Waals surface area contributed by atoms with Gasteiger partial charge in [0.1, 0.15) is 0 Å². The third-order valence-corrected chi connectivity index (χ3v) is 22.4. The molecule has 0 saturated carbocycles. The lowest BCUT2D eigenvalue weighted by molar-refractivity contribution is 0.172. The lowest BCUT2D eigenvalue weighted by Crippen LogP contribution is -2.66. The monoisotopic (exact) mass is 552 g/mol. The fourth-order valence-corrected chi connectivity index (χ4v) is 27.0. The lowest BCUT2D eigenvalue weighted by Gasteiger charge is -2.44. The van der Waals surface area contributed by atoms with Gasteiger partial charge in [0.15, 0.2) is 33.3 Å². The van der Waals surface area contributed by atoms with Gasteiger partial charge in [-0.25, -0.2) is 0 Å². The Morgan fingerprint density at radius 1 is 0.387 bits per heavy atom. The Morgan fingerprint density at radius 2 is 0.548 bits per heavy atom. The van der Waals surface area contributed by atoms with Gasteiger partial charge >= 0.3 is 17.6 Å². The van der Waals surface area contributed by atoms with Gasteiger partial charge < -0.3 is 25.3 Å². The molecule has 0 rings (SSSR count). The highest BCUT2D eigenvalue weighted by molar-refractivity contribution is 6.95. The molecule has 0 atom stereocenters. The standard InChI is InChI=1S/C15H44O6Si6.4CH4/c1-16-26(18-22(3,4)5,19-23(6,7)8)15-27(17-2,20-24(9,10)11)21-25(12,13)14;;;;/h15H2,1-14H3;4*1H4. The van der Waals surface area contributed by atoms with Crippen LogP contribution < -0.4 is 0 Å². The quantitative estimate of drug-likeness (QED) is 0.232. The first kappa shape index (κ1) is 42.2. The summed E-state index contributed by atoms with van der Waals surface area (Å²) in [5.74, 6) is 0. The smallest absolute Gasteiger partial charge is 0.416 e. The van der Waals surface area contributed by atoms with Crippen LogP contribution in [0.25, 0.3) is 0 Å². The van der Waals surface area contributed by atoms with Crippen LogP contribution in [0.4, 0.5) is 0 Å². The Morgan fingerprint density at radius 3 is 0.645 bits per heavy atom. The Hall–Kier alpha value is 1.06. The summed E-state index contributed by atoms with van der Waals surface area (Å²) >= 11 is 0. The van der Waals surface area contributed by atoms with E-state index in [-0.39, 0.29) is 29.7 Å². The van der Waals surface area contributed by atoms with Crippen molar-refractivity contribution in [1.82, 2.24) is 0 Å². The largest absolute Gasteiger partial charge is 0.484 e. The number of hydrogen-bond acceptors (Lipinski definition) is 6. The van der Waals surface area contributed by atoms with Crippen molar-refractivity contribution in [1.29, 1.82) is 0 Å². The molecule has 0 aromatic heterocycles. The summed E-state index contributed by atoms with van der Waals surface area (Å²) in [6.07, 6.45) is 0. The van der Waals surface area contributed by atoms with Crippen LogP contribution in [0, 0.1) is 0 Å². The van der Waals surface area contributed by atoms with Gasteiger partial charge in [-0.2, -0.15) is 0 Å². The molecule has 0 unspecified atom stereocenters. The van der Waals surface area contributed by atoms with E-state index in [0.29, 0.717) is 5.67 Å². The fraction of sp³-hybridized carbons (Fsp3) is 1.00. The predicted molar refractivity (Wildman–Crippen MR) is 155 cm³/mol. The molecule has 12 heteroatoms. The van der Waals surface area contributed by atoms with E-state index < -0.39 is 50.9 Å². The Kier molecular flexibility index (Phi) is 19.7. The molecule has 196 valence electrons. The maximum atomic E-state index is 6.63. The normalized spacial score (nSPS) is 13.4. The van der Waals surface area contributed by atoms with Crippen LogP contribution >= 0.6 is 0 Å². The average Bonchev–Trinajstić information content (AvgIpc) is 2.29. The summed E-state index contributed by atoms with van der Waals surface area (Å²) in [5, 5.41) is 0. The molecule has 0 aliphatic heterocycles. The van der Waals surface area contributed by atoms with Gasteiger partial charge in [-0.1, -0.05) is 29.7 Å². The summed E-state index contributed by atoms with van der Waals surface area (Å²) in [4.78, 5) is 0. The van der Waals surface area contributed by atoms with Crippen molar-refractivity contribution in [3.63, 3.8) is 0 Å². The molecule has 0 N–H and O–H groups in total. The van der Waals surface area contributed by atoms with Crippen molar-refractivity contribution in [3.8, 4) is 0 Å². The van der Waals surface area contributed by atoms with Gasteiger partial charge in [0.2, 0.25) is 0 Å². The molecule has 0 bridgehead atoms. The Bertz CT molecular complexity index is 392. The third-order valence-electron chi connectivity index (χ3n) is 2.90. The zero-order chi connectivity index (χ0) is 21.9. The first-order chi connectivity index (χ1) is 11.7. The summed E-state index contributed by atoms with van der Waals surface area (Å²) in [6, 6.07) is 0. The molecular formula is C19H60O6Si6. The molecular weight excluding hydrogens is 493 g/mol. The zero-order valence-electron chi connectivity index (χ0n) is 20.2. The molecule has 0 saturated heterocycles. The second-order valence-electron chi connectivity index (χ2n) is 10.8. The highest BCUT2D eigenvalue weighted by Crippen LogP contribution is 2.34. The second-order valence-corrected chi connectivity index (χ2v) is 35.9. The van der Waals surface area contributed by atoms with Gasteiger partial charge in [0.25, 0.3) is 0 Å². The van der Waals surface area contributed by atoms with E-state index in [2.05, 4.69) is 78.6 Å². The minimum absolute atomic E-state index is 0. The Balaban J connectivity index is -0.000000563. The molecule has 0 aromatic rings. The second kappa shape index (κ2) is 14.5. The predicted octanol–water partition coefficient (Wildman–Crippen LogP) is 7.65. The average molecular weight is 553 g/mol. The van der Waals surface area contributed by atoms with E-state index in [1.54, 1.807) is 14.2 Å². The van der Waals surface area contributed by atoms with Crippen molar-refractivity contribution in [2.24, 2.45) is 0 Å². The van der Waals surface area contributed by atoms with Gasteiger partial charge in [0.05, 0.1) is 5.67 Å². The van der Waals surface area contributed by atoms with Gasteiger partial charge in [-0.3, -0.25) is 0 Å². The molecule has 0 aliphatic rings. The number of hydrogen-bond donors (Lipinski definition) is 0. The van der Waals surface area contributed by atoms with E-state index >= 15 is 0 Å². The van der Waals surface area contributed by atoms with E-state index in [4.69, 9.17) is 25.3 Å². The summed E-state index contributed by atoms with van der Waals surface area (Å²) < 4.78 is 38.7. The molecule has 0 heterocycles. The summed E-state index contributed by atoms with van der Waals surface area (Å²) in [6.45, 7) is 26.0. The van der Waals surface area contributed by atoms with E-state index in [1.807, 2.05) is 0 Å². The van der Waals surface area contributed by atoms with Crippen molar-refractivity contribution < 1.29 is 25.3 Å². The van der Waals surface area contributed by atoms with E-state index in [0.717, 1.165) is 0 Å². The van der Waals surface area contributed by atoms with Crippen LogP contribution in [0.2, 0.25) is 84.2 Å². The van der Waals surface area contributed by atoms with Crippen molar-refractivity contribution in [2.45, 2.75) is 114 Å². The van der Waals surface area contributed by atoms with Crippen LogP contribution in [0.5, 0.6) is 0 Å². The fourth-order valence-electron chi connectivity index (χ4n) is 2.63. The highest BCUT2D eigenvalue weighted by Gasteiger charge is 2.59. The van der Waals surface area contributed by atoms with Crippen molar-refractivity contribution in [2.75, 3.05) is 14.2 Å². The first-order valence-electron chi connectivity index (χ1n) is 9.56. The van der Waals surface area contributed by atoms with Crippen LogP contribution in [-0.4, -0.2) is 65.1 Å². The van der Waals surface area contributed by atoms with Crippen LogP contribution in [-0.2, 0) is 25.3 Å².